The number of aliphatic hydroxyl groups is 1. The van der Waals surface area contributed by atoms with Crippen molar-refractivity contribution in [1.29, 1.82) is 0 Å². The third-order valence-corrected chi connectivity index (χ3v) is 10.2. The fraction of sp³-hybridized carbons (Fsp3) is 0.556. The van der Waals surface area contributed by atoms with E-state index in [4.69, 9.17) is 11.6 Å². The van der Waals surface area contributed by atoms with Crippen LogP contribution >= 0.6 is 11.6 Å². The average molecular weight is 505 g/mol. The normalized spacial score (nSPS) is 23.4. The quantitative estimate of drug-likeness (QED) is 0.523. The van der Waals surface area contributed by atoms with Crippen molar-refractivity contribution in [2.24, 2.45) is 5.92 Å². The van der Waals surface area contributed by atoms with E-state index in [1.165, 1.54) is 9.87 Å². The Morgan fingerprint density at radius 2 is 1.74 bits per heavy atom. The second-order valence-corrected chi connectivity index (χ2v) is 12.5. The van der Waals surface area contributed by atoms with Crippen LogP contribution in [0.5, 0.6) is 0 Å². The molecule has 1 saturated carbocycles. The zero-order valence-electron chi connectivity index (χ0n) is 20.1. The fourth-order valence-corrected chi connectivity index (χ4v) is 7.47. The molecular weight excluding hydrogens is 468 g/mol. The molecule has 1 aliphatic carbocycles. The van der Waals surface area contributed by atoms with Gasteiger partial charge in [0.1, 0.15) is 4.90 Å². The lowest BCUT2D eigenvalue weighted by molar-refractivity contribution is -0.0314. The maximum absolute atomic E-state index is 13.1. The number of likely N-dealkylation sites (tertiary alicyclic amines) is 1. The zero-order chi connectivity index (χ0) is 24.2. The number of aryl methyl sites for hydroxylation is 1. The van der Waals surface area contributed by atoms with Gasteiger partial charge in [0.25, 0.3) is 0 Å². The second kappa shape index (κ2) is 11.1. The Kier molecular flexibility index (Phi) is 8.36. The molecule has 1 aliphatic heterocycles. The summed E-state index contributed by atoms with van der Waals surface area (Å²) in [6.45, 7) is 2.81. The van der Waals surface area contributed by atoms with E-state index in [0.29, 0.717) is 5.92 Å². The lowest BCUT2D eigenvalue weighted by atomic mass is 9.85. The summed E-state index contributed by atoms with van der Waals surface area (Å²) in [7, 11) is -1.92. The number of piperidine rings is 1. The summed E-state index contributed by atoms with van der Waals surface area (Å²) in [6.07, 6.45) is 7.30. The summed E-state index contributed by atoms with van der Waals surface area (Å²) in [5.41, 5.74) is 0.785. The summed E-state index contributed by atoms with van der Waals surface area (Å²) >= 11 is 6.17. The lowest BCUT2D eigenvalue weighted by Crippen LogP contribution is -2.45. The van der Waals surface area contributed by atoms with Gasteiger partial charge in [-0.25, -0.2) is 8.42 Å². The summed E-state index contributed by atoms with van der Waals surface area (Å²) in [4.78, 5) is 2.64. The monoisotopic (exact) mass is 504 g/mol. The SMILES string of the molecule is CN(C1CCC(CN2CCC(O)(CCCc3ccccc3)CC2)C1)S(=O)(=O)c1ccccc1Cl. The van der Waals surface area contributed by atoms with E-state index in [0.717, 1.165) is 71.0 Å². The van der Waals surface area contributed by atoms with Crippen molar-refractivity contribution in [3.63, 3.8) is 0 Å². The Labute approximate surface area is 209 Å². The highest BCUT2D eigenvalue weighted by atomic mass is 35.5. The first-order valence-electron chi connectivity index (χ1n) is 12.5. The number of rotatable bonds is 9. The van der Waals surface area contributed by atoms with Gasteiger partial charge >= 0.3 is 0 Å². The predicted octanol–water partition coefficient (Wildman–Crippen LogP) is 4.98. The van der Waals surface area contributed by atoms with Crippen molar-refractivity contribution >= 4 is 21.6 Å². The molecule has 0 radical (unpaired) electrons. The molecule has 7 heteroatoms. The van der Waals surface area contributed by atoms with Gasteiger partial charge in [-0.2, -0.15) is 4.31 Å². The highest BCUT2D eigenvalue weighted by Gasteiger charge is 2.37. The van der Waals surface area contributed by atoms with Crippen LogP contribution < -0.4 is 0 Å². The highest BCUT2D eigenvalue weighted by molar-refractivity contribution is 7.89. The van der Waals surface area contributed by atoms with E-state index < -0.39 is 15.6 Å². The van der Waals surface area contributed by atoms with Crippen LogP contribution in [0, 0.1) is 5.92 Å². The van der Waals surface area contributed by atoms with Gasteiger partial charge in [-0.05, 0) is 75.0 Å². The lowest BCUT2D eigenvalue weighted by Gasteiger charge is -2.39. The third kappa shape index (κ3) is 6.21. The minimum Gasteiger partial charge on any atom is -0.390 e. The van der Waals surface area contributed by atoms with Crippen molar-refractivity contribution < 1.29 is 13.5 Å². The average Bonchev–Trinajstić information content (AvgIpc) is 3.29. The maximum atomic E-state index is 13.1. The maximum Gasteiger partial charge on any atom is 0.244 e. The standard InChI is InChI=1S/C27H37ClN2O3S/c1-29(34(32,33)26-12-6-5-11-25(26)28)24-14-13-23(20-24)21-30-18-16-27(31,17-19-30)15-7-10-22-8-3-2-4-9-22/h2-6,8-9,11-12,23-24,31H,7,10,13-21H2,1H3. The number of nitrogens with zero attached hydrogens (tertiary/aromatic N) is 2. The third-order valence-electron chi connectivity index (χ3n) is 7.78. The Morgan fingerprint density at radius 1 is 1.06 bits per heavy atom. The Balaban J connectivity index is 1.23. The van der Waals surface area contributed by atoms with Gasteiger partial charge in [0.05, 0.1) is 10.6 Å². The molecule has 2 unspecified atom stereocenters. The van der Waals surface area contributed by atoms with E-state index in [9.17, 15) is 13.5 Å². The van der Waals surface area contributed by atoms with E-state index >= 15 is 0 Å². The first-order valence-corrected chi connectivity index (χ1v) is 14.3. The molecule has 2 fully saturated rings. The van der Waals surface area contributed by atoms with Gasteiger partial charge in [-0.1, -0.05) is 54.1 Å². The summed E-state index contributed by atoms with van der Waals surface area (Å²) < 4.78 is 27.7. The second-order valence-electron chi connectivity index (χ2n) is 10.1. The zero-order valence-corrected chi connectivity index (χ0v) is 21.6. The summed E-state index contributed by atoms with van der Waals surface area (Å²) in [5.74, 6) is 0.484. The van der Waals surface area contributed by atoms with Gasteiger partial charge in [-0.3, -0.25) is 0 Å². The Bertz CT molecular complexity index is 1040. The molecule has 1 N–H and O–H groups in total. The molecule has 0 spiro atoms. The molecule has 1 heterocycles. The van der Waals surface area contributed by atoms with E-state index in [-0.39, 0.29) is 16.0 Å². The molecule has 0 aromatic heterocycles. The van der Waals surface area contributed by atoms with Crippen molar-refractivity contribution in [2.45, 2.75) is 67.9 Å². The summed E-state index contributed by atoms with van der Waals surface area (Å²) in [6, 6.07) is 17.1. The predicted molar refractivity (Wildman–Crippen MR) is 138 cm³/mol. The summed E-state index contributed by atoms with van der Waals surface area (Å²) in [5, 5.41) is 11.3. The molecule has 2 aromatic carbocycles. The van der Waals surface area contributed by atoms with Gasteiger partial charge < -0.3 is 10.0 Å². The fourth-order valence-electron chi connectivity index (χ4n) is 5.58. The van der Waals surface area contributed by atoms with Crippen LogP contribution in [-0.2, 0) is 16.4 Å². The van der Waals surface area contributed by atoms with Crippen molar-refractivity contribution in [2.75, 3.05) is 26.7 Å². The molecule has 186 valence electrons. The molecule has 34 heavy (non-hydrogen) atoms. The van der Waals surface area contributed by atoms with Crippen molar-refractivity contribution in [3.05, 3.63) is 65.2 Å². The van der Waals surface area contributed by atoms with Crippen LogP contribution in [-0.4, -0.2) is 61.1 Å². The molecule has 4 rings (SSSR count). The van der Waals surface area contributed by atoms with Gasteiger partial charge in [0.15, 0.2) is 0 Å². The number of benzene rings is 2. The molecule has 0 amide bonds. The smallest absolute Gasteiger partial charge is 0.244 e. The largest absolute Gasteiger partial charge is 0.390 e. The van der Waals surface area contributed by atoms with Crippen molar-refractivity contribution in [3.8, 4) is 0 Å². The molecule has 1 saturated heterocycles. The van der Waals surface area contributed by atoms with Crippen LogP contribution in [0.3, 0.4) is 0 Å². The van der Waals surface area contributed by atoms with E-state index in [2.05, 4.69) is 29.2 Å². The first kappa shape index (κ1) is 25.6. The molecule has 5 nitrogen and oxygen atoms in total. The molecule has 2 atom stereocenters. The van der Waals surface area contributed by atoms with Crippen LogP contribution in [0.25, 0.3) is 0 Å². The van der Waals surface area contributed by atoms with Crippen molar-refractivity contribution in [1.82, 2.24) is 9.21 Å². The Morgan fingerprint density at radius 3 is 2.44 bits per heavy atom. The number of hydrogen-bond donors (Lipinski definition) is 1. The minimum absolute atomic E-state index is 0.00554. The number of sulfonamides is 1. The minimum atomic E-state index is -3.60. The van der Waals surface area contributed by atoms with Crippen LogP contribution in [0.4, 0.5) is 0 Å². The van der Waals surface area contributed by atoms with E-state index in [1.54, 1.807) is 31.3 Å². The molecular formula is C27H37ClN2O3S. The first-order chi connectivity index (χ1) is 16.3. The van der Waals surface area contributed by atoms with Crippen LogP contribution in [0.1, 0.15) is 50.5 Å². The van der Waals surface area contributed by atoms with Crippen LogP contribution in [0.2, 0.25) is 5.02 Å². The van der Waals surface area contributed by atoms with E-state index in [1.807, 2.05) is 6.07 Å². The molecule has 2 aliphatic rings. The topological polar surface area (TPSA) is 60.9 Å². The number of hydrogen-bond acceptors (Lipinski definition) is 4. The van der Waals surface area contributed by atoms with Gasteiger partial charge in [-0.15, -0.1) is 0 Å². The molecule has 2 aromatic rings. The van der Waals surface area contributed by atoms with Crippen LogP contribution in [0.15, 0.2) is 59.5 Å². The number of halogens is 1. The highest BCUT2D eigenvalue weighted by Crippen LogP contribution is 2.35. The van der Waals surface area contributed by atoms with Gasteiger partial charge in [0, 0.05) is 32.7 Å². The van der Waals surface area contributed by atoms with Gasteiger partial charge in [0.2, 0.25) is 10.0 Å². The Hall–Kier alpha value is -1.44. The molecule has 0 bridgehead atoms.